The van der Waals surface area contributed by atoms with E-state index >= 15 is 0 Å². The summed E-state index contributed by atoms with van der Waals surface area (Å²) >= 11 is 11.1. The van der Waals surface area contributed by atoms with E-state index in [1.165, 1.54) is 0 Å². The summed E-state index contributed by atoms with van der Waals surface area (Å²) in [5.41, 5.74) is 3.06. The van der Waals surface area contributed by atoms with Crippen molar-refractivity contribution < 1.29 is 0 Å². The van der Waals surface area contributed by atoms with Gasteiger partial charge in [0.25, 0.3) is 0 Å². The minimum atomic E-state index is 0.577. The average molecular weight is 255 g/mol. The molecule has 2 nitrogen and oxygen atoms in total. The Balaban J connectivity index is 2.62. The van der Waals surface area contributed by atoms with Gasteiger partial charge in [-0.3, -0.25) is 0 Å². The quantitative estimate of drug-likeness (QED) is 0.638. The van der Waals surface area contributed by atoms with Gasteiger partial charge in [-0.05, 0) is 43.8 Å². The molecule has 1 aromatic carbocycles. The molecule has 1 rings (SSSR count). The highest BCUT2D eigenvalue weighted by atomic mass is 35.5. The molecule has 0 aliphatic rings. The summed E-state index contributed by atoms with van der Waals surface area (Å²) in [5, 5.41) is 7.42. The van der Waals surface area contributed by atoms with Crippen molar-refractivity contribution >= 4 is 34.6 Å². The molecular weight excluding hydrogens is 240 g/mol. The molecule has 0 aliphatic carbocycles. The van der Waals surface area contributed by atoms with Crippen LogP contribution >= 0.6 is 23.8 Å². The number of anilines is 1. The maximum absolute atomic E-state index is 5.91. The minimum Gasteiger partial charge on any atom is -0.359 e. The topological polar surface area (TPSA) is 24.1 Å². The van der Waals surface area contributed by atoms with Crippen molar-refractivity contribution in [2.75, 3.05) is 11.9 Å². The number of nitrogens with one attached hydrogen (secondary N) is 2. The van der Waals surface area contributed by atoms with E-state index in [9.17, 15) is 0 Å². The van der Waals surface area contributed by atoms with Gasteiger partial charge in [-0.1, -0.05) is 29.8 Å². The SMILES string of the molecule is C=C(C)CNC(=S)Nc1cc(Cl)ccc1C. The molecule has 0 unspecified atom stereocenters. The summed E-state index contributed by atoms with van der Waals surface area (Å²) in [6, 6.07) is 5.66. The number of rotatable bonds is 3. The lowest BCUT2D eigenvalue weighted by Gasteiger charge is -2.12. The predicted octanol–water partition coefficient (Wildman–Crippen LogP) is 3.51. The highest BCUT2D eigenvalue weighted by Gasteiger charge is 2.01. The average Bonchev–Trinajstić information content (AvgIpc) is 2.20. The molecule has 0 heterocycles. The Morgan fingerprint density at radius 2 is 2.19 bits per heavy atom. The van der Waals surface area contributed by atoms with Crippen LogP contribution in [0.5, 0.6) is 0 Å². The van der Waals surface area contributed by atoms with Crippen LogP contribution in [0.25, 0.3) is 0 Å². The summed E-state index contributed by atoms with van der Waals surface area (Å²) in [5.74, 6) is 0. The first kappa shape index (κ1) is 13.0. The van der Waals surface area contributed by atoms with Gasteiger partial charge in [0.15, 0.2) is 5.11 Å². The summed E-state index contributed by atoms with van der Waals surface area (Å²) < 4.78 is 0. The third-order valence-electron chi connectivity index (χ3n) is 2.00. The molecule has 86 valence electrons. The number of halogens is 1. The Labute approximate surface area is 107 Å². The van der Waals surface area contributed by atoms with Gasteiger partial charge in [-0.2, -0.15) is 0 Å². The standard InChI is InChI=1S/C12H15ClN2S/c1-8(2)7-14-12(16)15-11-6-10(13)5-4-9(11)3/h4-6H,1,7H2,2-3H3,(H2,14,15,16). The monoisotopic (exact) mass is 254 g/mol. The van der Waals surface area contributed by atoms with Crippen LogP contribution in [-0.4, -0.2) is 11.7 Å². The molecule has 0 radical (unpaired) electrons. The minimum absolute atomic E-state index is 0.577. The second-order valence-corrected chi connectivity index (χ2v) is 4.57. The fourth-order valence-electron chi connectivity index (χ4n) is 1.13. The molecule has 0 saturated carbocycles. The van der Waals surface area contributed by atoms with Crippen molar-refractivity contribution in [1.29, 1.82) is 0 Å². The largest absolute Gasteiger partial charge is 0.359 e. The zero-order chi connectivity index (χ0) is 12.1. The van der Waals surface area contributed by atoms with Crippen molar-refractivity contribution in [3.8, 4) is 0 Å². The number of hydrogen-bond acceptors (Lipinski definition) is 1. The lowest BCUT2D eigenvalue weighted by molar-refractivity contribution is 0.999. The number of hydrogen-bond donors (Lipinski definition) is 2. The molecule has 0 atom stereocenters. The summed E-state index contributed by atoms with van der Waals surface area (Å²) in [7, 11) is 0. The van der Waals surface area contributed by atoms with E-state index in [2.05, 4.69) is 17.2 Å². The molecule has 0 spiro atoms. The van der Waals surface area contributed by atoms with Crippen molar-refractivity contribution in [1.82, 2.24) is 5.32 Å². The van der Waals surface area contributed by atoms with Gasteiger partial charge in [0.05, 0.1) is 0 Å². The highest BCUT2D eigenvalue weighted by Crippen LogP contribution is 2.19. The molecule has 0 amide bonds. The second kappa shape index (κ2) is 5.87. The molecule has 0 aromatic heterocycles. The van der Waals surface area contributed by atoms with E-state index in [0.29, 0.717) is 16.7 Å². The molecule has 1 aromatic rings. The van der Waals surface area contributed by atoms with Gasteiger partial charge in [0.2, 0.25) is 0 Å². The molecule has 0 bridgehead atoms. The van der Waals surface area contributed by atoms with Crippen molar-refractivity contribution in [2.24, 2.45) is 0 Å². The Morgan fingerprint density at radius 3 is 2.81 bits per heavy atom. The first-order valence-electron chi connectivity index (χ1n) is 4.94. The van der Waals surface area contributed by atoms with Crippen LogP contribution < -0.4 is 10.6 Å². The van der Waals surface area contributed by atoms with Gasteiger partial charge in [-0.15, -0.1) is 0 Å². The summed E-state index contributed by atoms with van der Waals surface area (Å²) in [4.78, 5) is 0. The van der Waals surface area contributed by atoms with E-state index in [1.807, 2.05) is 32.0 Å². The maximum Gasteiger partial charge on any atom is 0.171 e. The third kappa shape index (κ3) is 4.21. The lowest BCUT2D eigenvalue weighted by atomic mass is 10.2. The first-order valence-corrected chi connectivity index (χ1v) is 5.73. The molecule has 2 N–H and O–H groups in total. The van der Waals surface area contributed by atoms with Gasteiger partial charge in [0.1, 0.15) is 0 Å². The van der Waals surface area contributed by atoms with Crippen LogP contribution in [0.4, 0.5) is 5.69 Å². The van der Waals surface area contributed by atoms with Crippen molar-refractivity contribution in [3.63, 3.8) is 0 Å². The van der Waals surface area contributed by atoms with E-state index in [1.54, 1.807) is 0 Å². The predicted molar refractivity (Wildman–Crippen MR) is 75.2 cm³/mol. The van der Waals surface area contributed by atoms with Crippen LogP contribution in [0.15, 0.2) is 30.4 Å². The highest BCUT2D eigenvalue weighted by molar-refractivity contribution is 7.80. The van der Waals surface area contributed by atoms with E-state index in [-0.39, 0.29) is 0 Å². The zero-order valence-corrected chi connectivity index (χ0v) is 11.0. The molecule has 0 aliphatic heterocycles. The zero-order valence-electron chi connectivity index (χ0n) is 9.43. The second-order valence-electron chi connectivity index (χ2n) is 3.72. The van der Waals surface area contributed by atoms with Crippen LogP contribution in [0.1, 0.15) is 12.5 Å². The van der Waals surface area contributed by atoms with Crippen LogP contribution in [0, 0.1) is 6.92 Å². The van der Waals surface area contributed by atoms with Crippen molar-refractivity contribution in [3.05, 3.63) is 40.9 Å². The molecule has 4 heteroatoms. The summed E-state index contributed by atoms with van der Waals surface area (Å²) in [6.45, 7) is 8.41. The van der Waals surface area contributed by atoms with E-state index in [4.69, 9.17) is 23.8 Å². The van der Waals surface area contributed by atoms with Crippen LogP contribution in [0.2, 0.25) is 5.02 Å². The number of benzene rings is 1. The molecule has 0 fully saturated rings. The van der Waals surface area contributed by atoms with Gasteiger partial charge < -0.3 is 10.6 Å². The fraction of sp³-hybridized carbons (Fsp3) is 0.250. The Bertz CT molecular complexity index is 415. The fourth-order valence-corrected chi connectivity index (χ4v) is 1.48. The molecule has 16 heavy (non-hydrogen) atoms. The van der Waals surface area contributed by atoms with E-state index in [0.717, 1.165) is 16.8 Å². The summed E-state index contributed by atoms with van der Waals surface area (Å²) in [6.07, 6.45) is 0. The van der Waals surface area contributed by atoms with Crippen LogP contribution in [0.3, 0.4) is 0 Å². The molecule has 0 saturated heterocycles. The van der Waals surface area contributed by atoms with Gasteiger partial charge >= 0.3 is 0 Å². The Kier molecular flexibility index (Phi) is 4.77. The van der Waals surface area contributed by atoms with Crippen LogP contribution in [-0.2, 0) is 0 Å². The first-order chi connectivity index (χ1) is 7.49. The Hall–Kier alpha value is -1.06. The smallest absolute Gasteiger partial charge is 0.171 e. The maximum atomic E-state index is 5.91. The van der Waals surface area contributed by atoms with Gasteiger partial charge in [0, 0.05) is 17.3 Å². The molecular formula is C12H15ClN2S. The number of aryl methyl sites for hydroxylation is 1. The third-order valence-corrected chi connectivity index (χ3v) is 2.48. The number of thiocarbonyl (C=S) groups is 1. The van der Waals surface area contributed by atoms with Crippen molar-refractivity contribution in [2.45, 2.75) is 13.8 Å². The normalized spacial score (nSPS) is 9.69. The van der Waals surface area contributed by atoms with Gasteiger partial charge in [-0.25, -0.2) is 0 Å². The lowest BCUT2D eigenvalue weighted by Crippen LogP contribution is -2.29. The van der Waals surface area contributed by atoms with E-state index < -0.39 is 0 Å². The Morgan fingerprint density at radius 1 is 1.50 bits per heavy atom.